The highest BCUT2D eigenvalue weighted by atomic mass is 16.4. The van der Waals surface area contributed by atoms with Crippen LogP contribution < -0.4 is 11.1 Å². The minimum atomic E-state index is -0.314. The topological polar surface area (TPSA) is 60.1 Å². The van der Waals surface area contributed by atoms with Crippen LogP contribution in [0.25, 0.3) is 11.2 Å². The van der Waals surface area contributed by atoms with Crippen LogP contribution in [-0.4, -0.2) is 22.6 Å². The quantitative estimate of drug-likeness (QED) is 0.793. The van der Waals surface area contributed by atoms with Gasteiger partial charge in [-0.05, 0) is 38.9 Å². The Morgan fingerprint density at radius 2 is 2.33 bits per heavy atom. The van der Waals surface area contributed by atoms with Gasteiger partial charge < -0.3 is 9.73 Å². The van der Waals surface area contributed by atoms with E-state index in [1.165, 1.54) is 0 Å². The van der Waals surface area contributed by atoms with E-state index in [1.807, 2.05) is 7.05 Å². The number of aryl methyl sites for hydroxylation is 1. The van der Waals surface area contributed by atoms with Gasteiger partial charge in [-0.3, -0.25) is 4.57 Å². The van der Waals surface area contributed by atoms with Crippen LogP contribution in [0, 0.1) is 0 Å². The van der Waals surface area contributed by atoms with Crippen LogP contribution in [0.5, 0.6) is 0 Å². The van der Waals surface area contributed by atoms with Gasteiger partial charge in [0.15, 0.2) is 11.2 Å². The van der Waals surface area contributed by atoms with E-state index in [0.717, 1.165) is 19.3 Å². The molecule has 2 aromatic rings. The van der Waals surface area contributed by atoms with Crippen LogP contribution in [0.1, 0.15) is 26.2 Å². The van der Waals surface area contributed by atoms with Crippen LogP contribution in [0.2, 0.25) is 0 Å². The van der Waals surface area contributed by atoms with Gasteiger partial charge in [0.2, 0.25) is 0 Å². The van der Waals surface area contributed by atoms with Gasteiger partial charge in [0.25, 0.3) is 0 Å². The molecule has 2 aromatic heterocycles. The molecule has 98 valence electrons. The molecule has 2 rings (SSSR count). The third-order valence-corrected chi connectivity index (χ3v) is 3.19. The number of rotatable bonds is 6. The van der Waals surface area contributed by atoms with Crippen molar-refractivity contribution in [1.29, 1.82) is 0 Å². The maximum Gasteiger partial charge on any atom is 0.421 e. The summed E-state index contributed by atoms with van der Waals surface area (Å²) in [5, 5.41) is 3.20. The molecule has 0 aromatic carbocycles. The third kappa shape index (κ3) is 2.79. The summed E-state index contributed by atoms with van der Waals surface area (Å²) < 4.78 is 6.74. The van der Waals surface area contributed by atoms with Crippen molar-refractivity contribution in [1.82, 2.24) is 14.9 Å². The summed E-state index contributed by atoms with van der Waals surface area (Å²) in [5.41, 5.74) is 1.20. The molecule has 18 heavy (non-hydrogen) atoms. The molecule has 0 amide bonds. The number of hydrogen-bond acceptors (Lipinski definition) is 4. The van der Waals surface area contributed by atoms with E-state index in [2.05, 4.69) is 17.2 Å². The molecule has 2 heterocycles. The maximum absolute atomic E-state index is 11.7. The number of nitrogens with zero attached hydrogens (tertiary/aromatic N) is 2. The summed E-state index contributed by atoms with van der Waals surface area (Å²) in [6.45, 7) is 2.82. The summed E-state index contributed by atoms with van der Waals surface area (Å²) in [5.74, 6) is -0.314. The van der Waals surface area contributed by atoms with E-state index in [0.29, 0.717) is 23.8 Å². The molecule has 0 saturated heterocycles. The Balaban J connectivity index is 1.99. The number of unbranched alkanes of at least 4 members (excludes halogenated alkanes) is 1. The zero-order valence-electron chi connectivity index (χ0n) is 10.8. The summed E-state index contributed by atoms with van der Waals surface area (Å²) in [7, 11) is 1.96. The van der Waals surface area contributed by atoms with Gasteiger partial charge in [-0.2, -0.15) is 0 Å². The normalized spacial score (nSPS) is 13.0. The van der Waals surface area contributed by atoms with Crippen molar-refractivity contribution in [2.24, 2.45) is 0 Å². The second-order valence-corrected chi connectivity index (χ2v) is 4.53. The van der Waals surface area contributed by atoms with Gasteiger partial charge in [0, 0.05) is 18.8 Å². The summed E-state index contributed by atoms with van der Waals surface area (Å²) in [6.07, 6.45) is 4.82. The standard InChI is InChI=1S/C13H19N3O2/c1-10(14-2)6-3-4-9-16-12-11(18-13(16)17)7-5-8-15-12/h5,7-8,10,14H,3-4,6,9H2,1-2H3. The number of pyridine rings is 1. The molecule has 0 aliphatic rings. The average molecular weight is 249 g/mol. The Morgan fingerprint density at radius 1 is 1.50 bits per heavy atom. The highest BCUT2D eigenvalue weighted by molar-refractivity contribution is 5.67. The molecule has 0 saturated carbocycles. The highest BCUT2D eigenvalue weighted by Crippen LogP contribution is 2.10. The first-order valence-electron chi connectivity index (χ1n) is 6.34. The van der Waals surface area contributed by atoms with E-state index in [1.54, 1.807) is 22.9 Å². The molecule has 5 heteroatoms. The molecule has 0 aliphatic heterocycles. The fraction of sp³-hybridized carbons (Fsp3) is 0.538. The zero-order chi connectivity index (χ0) is 13.0. The smallest absolute Gasteiger partial charge is 0.406 e. The Kier molecular flexibility index (Phi) is 4.15. The summed E-state index contributed by atoms with van der Waals surface area (Å²) in [6, 6.07) is 4.05. The van der Waals surface area contributed by atoms with Gasteiger partial charge >= 0.3 is 5.76 Å². The van der Waals surface area contributed by atoms with E-state index in [4.69, 9.17) is 4.42 Å². The fourth-order valence-corrected chi connectivity index (χ4v) is 1.96. The number of oxazole rings is 1. The largest absolute Gasteiger partial charge is 0.421 e. The Labute approximate surface area is 106 Å². The SMILES string of the molecule is CNC(C)CCCCn1c(=O)oc2cccnc21. The van der Waals surface area contributed by atoms with E-state index in [9.17, 15) is 4.79 Å². The summed E-state index contributed by atoms with van der Waals surface area (Å²) in [4.78, 5) is 15.9. The first-order chi connectivity index (χ1) is 8.72. The van der Waals surface area contributed by atoms with Gasteiger partial charge in [0.05, 0.1) is 0 Å². The Bertz CT molecular complexity index is 559. The van der Waals surface area contributed by atoms with E-state index >= 15 is 0 Å². The minimum absolute atomic E-state index is 0.314. The lowest BCUT2D eigenvalue weighted by Crippen LogP contribution is -2.21. The van der Waals surface area contributed by atoms with Crippen molar-refractivity contribution in [2.75, 3.05) is 7.05 Å². The number of hydrogen-bond donors (Lipinski definition) is 1. The van der Waals surface area contributed by atoms with Gasteiger partial charge in [-0.1, -0.05) is 6.42 Å². The first-order valence-corrected chi connectivity index (χ1v) is 6.34. The Hall–Kier alpha value is -1.62. The van der Waals surface area contributed by atoms with Crippen LogP contribution >= 0.6 is 0 Å². The zero-order valence-corrected chi connectivity index (χ0v) is 10.8. The van der Waals surface area contributed by atoms with Crippen molar-refractivity contribution < 1.29 is 4.42 Å². The minimum Gasteiger partial charge on any atom is -0.406 e. The Morgan fingerprint density at radius 3 is 3.11 bits per heavy atom. The van der Waals surface area contributed by atoms with Crippen molar-refractivity contribution in [3.8, 4) is 0 Å². The number of aromatic nitrogens is 2. The van der Waals surface area contributed by atoms with Crippen LogP contribution in [0.3, 0.4) is 0 Å². The van der Waals surface area contributed by atoms with Crippen molar-refractivity contribution >= 4 is 11.2 Å². The van der Waals surface area contributed by atoms with Gasteiger partial charge in [-0.15, -0.1) is 0 Å². The van der Waals surface area contributed by atoms with E-state index in [-0.39, 0.29) is 5.76 Å². The molecular formula is C13H19N3O2. The lowest BCUT2D eigenvalue weighted by Gasteiger charge is -2.09. The molecule has 1 unspecified atom stereocenters. The molecule has 0 fully saturated rings. The lowest BCUT2D eigenvalue weighted by atomic mass is 10.1. The van der Waals surface area contributed by atoms with Crippen LogP contribution in [-0.2, 0) is 6.54 Å². The molecule has 0 bridgehead atoms. The van der Waals surface area contributed by atoms with Crippen molar-refractivity contribution in [3.63, 3.8) is 0 Å². The highest BCUT2D eigenvalue weighted by Gasteiger charge is 2.09. The molecule has 0 spiro atoms. The predicted molar refractivity (Wildman–Crippen MR) is 70.6 cm³/mol. The fourth-order valence-electron chi connectivity index (χ4n) is 1.96. The first kappa shape index (κ1) is 12.8. The number of nitrogens with one attached hydrogen (secondary N) is 1. The number of fused-ring (bicyclic) bond motifs is 1. The monoisotopic (exact) mass is 249 g/mol. The second kappa shape index (κ2) is 5.82. The summed E-state index contributed by atoms with van der Waals surface area (Å²) >= 11 is 0. The van der Waals surface area contributed by atoms with Gasteiger partial charge in [-0.25, -0.2) is 9.78 Å². The third-order valence-electron chi connectivity index (χ3n) is 3.19. The molecule has 5 nitrogen and oxygen atoms in total. The predicted octanol–water partition coefficient (Wildman–Crippen LogP) is 1.77. The molecule has 0 radical (unpaired) electrons. The molecular weight excluding hydrogens is 230 g/mol. The molecule has 0 aliphatic carbocycles. The van der Waals surface area contributed by atoms with Crippen LogP contribution in [0.15, 0.2) is 27.5 Å². The van der Waals surface area contributed by atoms with Crippen LogP contribution in [0.4, 0.5) is 0 Å². The van der Waals surface area contributed by atoms with Crippen molar-refractivity contribution in [3.05, 3.63) is 28.9 Å². The second-order valence-electron chi connectivity index (χ2n) is 4.53. The lowest BCUT2D eigenvalue weighted by molar-refractivity contribution is 0.471. The molecule has 1 N–H and O–H groups in total. The van der Waals surface area contributed by atoms with E-state index < -0.39 is 0 Å². The maximum atomic E-state index is 11.7. The van der Waals surface area contributed by atoms with Crippen molar-refractivity contribution in [2.45, 2.75) is 38.8 Å². The molecule has 1 atom stereocenters. The van der Waals surface area contributed by atoms with Gasteiger partial charge in [0.1, 0.15) is 0 Å². The average Bonchev–Trinajstić information content (AvgIpc) is 2.70.